The summed E-state index contributed by atoms with van der Waals surface area (Å²) < 4.78 is 1.84. The molecule has 11 heavy (non-hydrogen) atoms. The Hall–Kier alpha value is -1.38. The lowest BCUT2D eigenvalue weighted by Gasteiger charge is -1.93. The van der Waals surface area contributed by atoms with E-state index in [1.165, 1.54) is 0 Å². The van der Waals surface area contributed by atoms with Crippen LogP contribution in [-0.4, -0.2) is 14.6 Å². The van der Waals surface area contributed by atoms with E-state index in [0.717, 1.165) is 16.9 Å². The third-order valence-electron chi connectivity index (χ3n) is 1.60. The van der Waals surface area contributed by atoms with Gasteiger partial charge in [0.25, 0.3) is 0 Å². The monoisotopic (exact) mass is 146 g/mol. The Bertz CT molecular complexity index is 389. The summed E-state index contributed by atoms with van der Waals surface area (Å²) in [5, 5.41) is 4.26. The average Bonchev–Trinajstić information content (AvgIpc) is 2.31. The highest BCUT2D eigenvalue weighted by molar-refractivity contribution is 5.45. The van der Waals surface area contributed by atoms with E-state index in [1.54, 1.807) is 6.20 Å². The SMILES string of the molecule is Cc1cc2cn[c]c(C)n2n1. The third-order valence-corrected chi connectivity index (χ3v) is 1.60. The van der Waals surface area contributed by atoms with Crippen LogP contribution in [-0.2, 0) is 0 Å². The fraction of sp³-hybridized carbons (Fsp3) is 0.250. The number of rotatable bonds is 0. The molecular weight excluding hydrogens is 138 g/mol. The maximum absolute atomic E-state index is 4.26. The van der Waals surface area contributed by atoms with Crippen molar-refractivity contribution in [1.82, 2.24) is 14.6 Å². The first kappa shape index (κ1) is 6.34. The summed E-state index contributed by atoms with van der Waals surface area (Å²) in [4.78, 5) is 3.94. The van der Waals surface area contributed by atoms with Gasteiger partial charge in [0.1, 0.15) is 6.20 Å². The molecule has 0 amide bonds. The topological polar surface area (TPSA) is 30.2 Å². The summed E-state index contributed by atoms with van der Waals surface area (Å²) in [6.45, 7) is 3.90. The average molecular weight is 146 g/mol. The second-order valence-electron chi connectivity index (χ2n) is 2.58. The summed E-state index contributed by atoms with van der Waals surface area (Å²) in [7, 11) is 0. The maximum atomic E-state index is 4.26. The molecule has 55 valence electrons. The first-order chi connectivity index (χ1) is 5.27. The van der Waals surface area contributed by atoms with Gasteiger partial charge >= 0.3 is 0 Å². The Morgan fingerprint density at radius 3 is 3.00 bits per heavy atom. The number of hydrogen-bond donors (Lipinski definition) is 0. The van der Waals surface area contributed by atoms with Crippen LogP contribution in [0.15, 0.2) is 12.3 Å². The molecule has 0 atom stereocenters. The van der Waals surface area contributed by atoms with Gasteiger partial charge in [0, 0.05) is 0 Å². The first-order valence-corrected chi connectivity index (χ1v) is 3.47. The van der Waals surface area contributed by atoms with Crippen molar-refractivity contribution < 1.29 is 0 Å². The number of aryl methyl sites for hydroxylation is 2. The van der Waals surface area contributed by atoms with Crippen LogP contribution < -0.4 is 0 Å². The van der Waals surface area contributed by atoms with Crippen molar-refractivity contribution in [2.24, 2.45) is 0 Å². The van der Waals surface area contributed by atoms with Gasteiger partial charge in [-0.2, -0.15) is 5.10 Å². The molecule has 3 nitrogen and oxygen atoms in total. The molecule has 1 radical (unpaired) electrons. The first-order valence-electron chi connectivity index (χ1n) is 3.47. The fourth-order valence-corrected chi connectivity index (χ4v) is 1.12. The molecule has 2 heterocycles. The van der Waals surface area contributed by atoms with Crippen LogP contribution >= 0.6 is 0 Å². The lowest BCUT2D eigenvalue weighted by Crippen LogP contribution is -1.93. The fourth-order valence-electron chi connectivity index (χ4n) is 1.12. The van der Waals surface area contributed by atoms with Gasteiger partial charge in [0.05, 0.1) is 23.1 Å². The lowest BCUT2D eigenvalue weighted by molar-refractivity contribution is 0.877. The van der Waals surface area contributed by atoms with E-state index in [4.69, 9.17) is 0 Å². The normalized spacial score (nSPS) is 10.7. The molecule has 3 heteroatoms. The molecule has 0 aromatic carbocycles. The zero-order chi connectivity index (χ0) is 7.84. The Labute approximate surface area is 64.7 Å². The number of fused-ring (bicyclic) bond motifs is 1. The number of aromatic nitrogens is 3. The van der Waals surface area contributed by atoms with E-state index in [-0.39, 0.29) is 0 Å². The lowest BCUT2D eigenvalue weighted by atomic mass is 10.4. The summed E-state index contributed by atoms with van der Waals surface area (Å²) >= 11 is 0. The van der Waals surface area contributed by atoms with Crippen molar-refractivity contribution in [3.05, 3.63) is 29.8 Å². The van der Waals surface area contributed by atoms with Crippen LogP contribution in [0.4, 0.5) is 0 Å². The molecule has 0 N–H and O–H groups in total. The van der Waals surface area contributed by atoms with Crippen LogP contribution in [0.1, 0.15) is 11.4 Å². The molecule has 2 rings (SSSR count). The van der Waals surface area contributed by atoms with Gasteiger partial charge in [0.2, 0.25) is 0 Å². The zero-order valence-corrected chi connectivity index (χ0v) is 6.50. The quantitative estimate of drug-likeness (QED) is 0.558. The number of hydrogen-bond acceptors (Lipinski definition) is 2. The van der Waals surface area contributed by atoms with E-state index in [1.807, 2.05) is 24.4 Å². The Morgan fingerprint density at radius 2 is 2.27 bits per heavy atom. The molecule has 0 saturated heterocycles. The summed E-state index contributed by atoms with van der Waals surface area (Å²) in [6.07, 6.45) is 4.60. The van der Waals surface area contributed by atoms with Gasteiger partial charge in [-0.15, -0.1) is 0 Å². The number of nitrogens with zero attached hydrogens (tertiary/aromatic N) is 3. The minimum absolute atomic E-state index is 0.940. The molecule has 0 saturated carbocycles. The smallest absolute Gasteiger partial charge is 0.112 e. The second-order valence-corrected chi connectivity index (χ2v) is 2.58. The minimum atomic E-state index is 0.940. The molecule has 0 spiro atoms. The van der Waals surface area contributed by atoms with Crippen LogP contribution in [0.25, 0.3) is 5.52 Å². The molecule has 0 aliphatic rings. The predicted octanol–water partition coefficient (Wildman–Crippen LogP) is 1.15. The van der Waals surface area contributed by atoms with Crippen molar-refractivity contribution in [3.63, 3.8) is 0 Å². The minimum Gasteiger partial charge on any atom is -0.250 e. The van der Waals surface area contributed by atoms with E-state index in [0.29, 0.717) is 0 Å². The van der Waals surface area contributed by atoms with E-state index < -0.39 is 0 Å². The van der Waals surface area contributed by atoms with Gasteiger partial charge in [0.15, 0.2) is 0 Å². The van der Waals surface area contributed by atoms with E-state index in [2.05, 4.69) is 16.3 Å². The largest absolute Gasteiger partial charge is 0.250 e. The van der Waals surface area contributed by atoms with Crippen molar-refractivity contribution in [3.8, 4) is 0 Å². The molecule has 2 aromatic heterocycles. The maximum Gasteiger partial charge on any atom is 0.112 e. The van der Waals surface area contributed by atoms with Crippen molar-refractivity contribution >= 4 is 5.52 Å². The van der Waals surface area contributed by atoms with E-state index in [9.17, 15) is 0 Å². The third kappa shape index (κ3) is 0.888. The highest BCUT2D eigenvalue weighted by Gasteiger charge is 1.98. The molecular formula is C8H8N3. The highest BCUT2D eigenvalue weighted by atomic mass is 15.2. The van der Waals surface area contributed by atoms with Crippen LogP contribution in [0, 0.1) is 20.0 Å². The zero-order valence-electron chi connectivity index (χ0n) is 6.50. The Kier molecular flexibility index (Phi) is 1.18. The Morgan fingerprint density at radius 1 is 1.45 bits per heavy atom. The summed E-state index contributed by atoms with van der Waals surface area (Å²) in [5.74, 6) is 0. The van der Waals surface area contributed by atoms with Gasteiger partial charge < -0.3 is 0 Å². The van der Waals surface area contributed by atoms with Crippen LogP contribution in [0.2, 0.25) is 0 Å². The molecule has 0 unspecified atom stereocenters. The molecule has 2 aromatic rings. The van der Waals surface area contributed by atoms with Crippen LogP contribution in [0.3, 0.4) is 0 Å². The van der Waals surface area contributed by atoms with Crippen molar-refractivity contribution in [2.45, 2.75) is 13.8 Å². The molecule has 0 aliphatic carbocycles. The second kappa shape index (κ2) is 2.05. The highest BCUT2D eigenvalue weighted by Crippen LogP contribution is 2.05. The van der Waals surface area contributed by atoms with Gasteiger partial charge in [-0.25, -0.2) is 4.52 Å². The van der Waals surface area contributed by atoms with Crippen LogP contribution in [0.5, 0.6) is 0 Å². The predicted molar refractivity (Wildman–Crippen MR) is 41.3 cm³/mol. The molecule has 0 bridgehead atoms. The van der Waals surface area contributed by atoms with E-state index >= 15 is 0 Å². The van der Waals surface area contributed by atoms with Crippen molar-refractivity contribution in [2.75, 3.05) is 0 Å². The Balaban J connectivity index is 2.90. The standard InChI is InChI=1S/C8H8N3/c1-6-3-8-5-9-4-7(2)11(8)10-6/h3,5H,1-2H3. The summed E-state index contributed by atoms with van der Waals surface area (Å²) in [6, 6.07) is 1.99. The van der Waals surface area contributed by atoms with Gasteiger partial charge in [-0.1, -0.05) is 0 Å². The van der Waals surface area contributed by atoms with Gasteiger partial charge in [-0.05, 0) is 19.9 Å². The van der Waals surface area contributed by atoms with Crippen molar-refractivity contribution in [1.29, 1.82) is 0 Å². The molecule has 0 fully saturated rings. The van der Waals surface area contributed by atoms with Gasteiger partial charge in [-0.3, -0.25) is 4.98 Å². The molecule has 0 aliphatic heterocycles. The summed E-state index contributed by atoms with van der Waals surface area (Å²) in [5.41, 5.74) is 2.98.